The summed E-state index contributed by atoms with van der Waals surface area (Å²) >= 11 is 0. The molecule has 2 amide bonds. The van der Waals surface area contributed by atoms with Crippen LogP contribution in [0.15, 0.2) is 18.2 Å². The van der Waals surface area contributed by atoms with Gasteiger partial charge in [0.1, 0.15) is 5.75 Å². The van der Waals surface area contributed by atoms with Crippen LogP contribution < -0.4 is 10.1 Å². The molecule has 0 saturated heterocycles. The van der Waals surface area contributed by atoms with Crippen LogP contribution in [-0.4, -0.2) is 53.4 Å². The summed E-state index contributed by atoms with van der Waals surface area (Å²) in [5.74, 6) is -0.726. The predicted molar refractivity (Wildman–Crippen MR) is 77.9 cm³/mol. The summed E-state index contributed by atoms with van der Waals surface area (Å²) in [4.78, 5) is 24.6. The normalized spacial score (nSPS) is 10.9. The van der Waals surface area contributed by atoms with Gasteiger partial charge in [-0.2, -0.15) is 0 Å². The van der Waals surface area contributed by atoms with Gasteiger partial charge in [-0.15, -0.1) is 0 Å². The van der Waals surface area contributed by atoms with Crippen LogP contribution in [-0.2, 0) is 0 Å². The van der Waals surface area contributed by atoms with Crippen LogP contribution in [0.3, 0.4) is 0 Å². The van der Waals surface area contributed by atoms with Crippen molar-refractivity contribution in [3.63, 3.8) is 0 Å². The number of rotatable bonds is 5. The maximum atomic E-state index is 12.2. The van der Waals surface area contributed by atoms with Crippen LogP contribution in [0.4, 0.5) is 10.5 Å². The van der Waals surface area contributed by atoms with E-state index in [1.165, 1.54) is 37.3 Å². The van der Waals surface area contributed by atoms with Crippen LogP contribution in [0.1, 0.15) is 24.2 Å². The molecule has 0 saturated carbocycles. The topological polar surface area (TPSA) is 99.1 Å². The Hall–Kier alpha value is -2.28. The Morgan fingerprint density at radius 2 is 2.00 bits per heavy atom. The number of aromatic carboxylic acids is 1. The number of nitrogens with one attached hydrogen (secondary N) is 1. The highest BCUT2D eigenvalue weighted by Gasteiger charge is 2.27. The molecule has 0 spiro atoms. The van der Waals surface area contributed by atoms with E-state index in [0.717, 1.165) is 0 Å². The molecule has 0 atom stereocenters. The number of urea groups is 1. The summed E-state index contributed by atoms with van der Waals surface area (Å²) in [5, 5.41) is 20.9. The van der Waals surface area contributed by atoms with E-state index in [1.54, 1.807) is 13.8 Å². The van der Waals surface area contributed by atoms with Crippen molar-refractivity contribution in [3.05, 3.63) is 23.8 Å². The van der Waals surface area contributed by atoms with Gasteiger partial charge in [-0.25, -0.2) is 9.59 Å². The molecule has 1 aromatic carbocycles. The van der Waals surface area contributed by atoms with Gasteiger partial charge in [0.05, 0.1) is 30.5 Å². The van der Waals surface area contributed by atoms with Crippen LogP contribution in [0, 0.1) is 0 Å². The molecular formula is C14H20N2O5. The Labute approximate surface area is 123 Å². The SMILES string of the molecule is COc1ccc(C(=O)O)c(NC(=O)N(C)C(C)(C)CO)c1. The van der Waals surface area contributed by atoms with Crippen molar-refractivity contribution in [2.75, 3.05) is 26.1 Å². The van der Waals surface area contributed by atoms with Crippen LogP contribution in [0.2, 0.25) is 0 Å². The molecule has 3 N–H and O–H groups in total. The number of carbonyl (C=O) groups is 2. The molecule has 7 nitrogen and oxygen atoms in total. The molecule has 0 fully saturated rings. The quantitative estimate of drug-likeness (QED) is 0.767. The number of likely N-dealkylation sites (N-methyl/N-ethyl adjacent to an activating group) is 1. The number of aliphatic hydroxyl groups excluding tert-OH is 1. The molecular weight excluding hydrogens is 276 g/mol. The summed E-state index contributed by atoms with van der Waals surface area (Å²) in [7, 11) is 2.97. The van der Waals surface area contributed by atoms with Crippen molar-refractivity contribution in [2.24, 2.45) is 0 Å². The molecule has 21 heavy (non-hydrogen) atoms. The molecule has 1 aromatic rings. The zero-order valence-electron chi connectivity index (χ0n) is 12.5. The predicted octanol–water partition coefficient (Wildman–Crippen LogP) is 1.63. The van der Waals surface area contributed by atoms with E-state index in [4.69, 9.17) is 9.84 Å². The second-order valence-electron chi connectivity index (χ2n) is 5.18. The van der Waals surface area contributed by atoms with E-state index in [2.05, 4.69) is 5.32 Å². The fourth-order valence-corrected chi connectivity index (χ4v) is 1.52. The number of ether oxygens (including phenoxy) is 1. The van der Waals surface area contributed by atoms with Gasteiger partial charge in [-0.05, 0) is 26.0 Å². The lowest BCUT2D eigenvalue weighted by Crippen LogP contribution is -2.49. The molecule has 0 radical (unpaired) electrons. The number of carboxylic acids is 1. The standard InChI is InChI=1S/C14H20N2O5/c1-14(2,8-17)16(3)13(20)15-11-7-9(21-4)5-6-10(11)12(18)19/h5-7,17H,8H2,1-4H3,(H,15,20)(H,18,19). The van der Waals surface area contributed by atoms with Gasteiger partial charge in [0.2, 0.25) is 0 Å². The Kier molecular flexibility index (Phi) is 5.15. The van der Waals surface area contributed by atoms with Gasteiger partial charge in [0.25, 0.3) is 0 Å². The number of hydrogen-bond acceptors (Lipinski definition) is 4. The van der Waals surface area contributed by atoms with Gasteiger partial charge in [-0.1, -0.05) is 0 Å². The van der Waals surface area contributed by atoms with Crippen LogP contribution in [0.5, 0.6) is 5.75 Å². The molecule has 7 heteroatoms. The smallest absolute Gasteiger partial charge is 0.337 e. The number of amides is 2. The molecule has 0 aliphatic heterocycles. The van der Waals surface area contributed by atoms with Gasteiger partial charge in [0, 0.05) is 13.1 Å². The first-order valence-corrected chi connectivity index (χ1v) is 6.30. The highest BCUT2D eigenvalue weighted by molar-refractivity contribution is 6.00. The molecule has 0 unspecified atom stereocenters. The Balaban J connectivity index is 3.06. The number of hydrogen-bond donors (Lipinski definition) is 3. The first-order valence-electron chi connectivity index (χ1n) is 6.30. The number of methoxy groups -OCH3 is 1. The minimum Gasteiger partial charge on any atom is -0.497 e. The molecule has 0 aliphatic carbocycles. The third kappa shape index (κ3) is 3.85. The number of carbonyl (C=O) groups excluding carboxylic acids is 1. The van der Waals surface area contributed by atoms with E-state index >= 15 is 0 Å². The van der Waals surface area contributed by atoms with E-state index in [0.29, 0.717) is 5.75 Å². The average Bonchev–Trinajstić information content (AvgIpc) is 2.45. The van der Waals surface area contributed by atoms with E-state index in [-0.39, 0.29) is 17.9 Å². The molecule has 0 heterocycles. The largest absolute Gasteiger partial charge is 0.497 e. The molecule has 116 valence electrons. The number of benzene rings is 1. The monoisotopic (exact) mass is 296 g/mol. The van der Waals surface area contributed by atoms with Crippen molar-refractivity contribution in [1.29, 1.82) is 0 Å². The number of anilines is 1. The van der Waals surface area contributed by atoms with E-state index in [1.807, 2.05) is 0 Å². The third-order valence-electron chi connectivity index (χ3n) is 3.30. The minimum absolute atomic E-state index is 0.0423. The zero-order valence-corrected chi connectivity index (χ0v) is 12.5. The highest BCUT2D eigenvalue weighted by atomic mass is 16.5. The van der Waals surface area contributed by atoms with Crippen molar-refractivity contribution in [1.82, 2.24) is 4.90 Å². The van der Waals surface area contributed by atoms with Gasteiger partial charge < -0.3 is 25.2 Å². The average molecular weight is 296 g/mol. The molecule has 1 rings (SSSR count). The third-order valence-corrected chi connectivity index (χ3v) is 3.30. The lowest BCUT2D eigenvalue weighted by molar-refractivity contribution is 0.0698. The van der Waals surface area contributed by atoms with E-state index in [9.17, 15) is 14.7 Å². The second-order valence-corrected chi connectivity index (χ2v) is 5.18. The summed E-state index contributed by atoms with van der Waals surface area (Å²) < 4.78 is 5.02. The van der Waals surface area contributed by atoms with Gasteiger partial charge in [0.15, 0.2) is 0 Å². The number of aliphatic hydroxyl groups is 1. The van der Waals surface area contributed by atoms with Crippen LogP contribution in [0.25, 0.3) is 0 Å². The van der Waals surface area contributed by atoms with E-state index < -0.39 is 17.5 Å². The Morgan fingerprint density at radius 1 is 1.38 bits per heavy atom. The molecule has 0 aromatic heterocycles. The van der Waals surface area contributed by atoms with Crippen molar-refractivity contribution < 1.29 is 24.5 Å². The summed E-state index contributed by atoms with van der Waals surface area (Å²) in [6.45, 7) is 3.16. The fourth-order valence-electron chi connectivity index (χ4n) is 1.52. The Bertz CT molecular complexity index is 542. The lowest BCUT2D eigenvalue weighted by Gasteiger charge is -2.33. The van der Waals surface area contributed by atoms with Crippen molar-refractivity contribution in [2.45, 2.75) is 19.4 Å². The van der Waals surface area contributed by atoms with Crippen molar-refractivity contribution in [3.8, 4) is 5.75 Å². The maximum absolute atomic E-state index is 12.2. The second kappa shape index (κ2) is 6.45. The first kappa shape index (κ1) is 16.8. The minimum atomic E-state index is -1.16. The fraction of sp³-hybridized carbons (Fsp3) is 0.429. The summed E-state index contributed by atoms with van der Waals surface area (Å²) in [6.07, 6.45) is 0. The van der Waals surface area contributed by atoms with Gasteiger partial charge >= 0.3 is 12.0 Å². The summed E-state index contributed by atoms with van der Waals surface area (Å²) in [5.41, 5.74) is -0.682. The highest BCUT2D eigenvalue weighted by Crippen LogP contribution is 2.23. The Morgan fingerprint density at radius 3 is 2.48 bits per heavy atom. The summed E-state index contributed by atoms with van der Waals surface area (Å²) in [6, 6.07) is 3.76. The van der Waals surface area contributed by atoms with Gasteiger partial charge in [-0.3, -0.25) is 0 Å². The zero-order chi connectivity index (χ0) is 16.2. The maximum Gasteiger partial charge on any atom is 0.337 e. The number of nitrogens with zero attached hydrogens (tertiary/aromatic N) is 1. The number of carboxylic acid groups (broad SMARTS) is 1. The van der Waals surface area contributed by atoms with Crippen molar-refractivity contribution >= 4 is 17.7 Å². The first-order chi connectivity index (χ1) is 9.72. The molecule has 0 aliphatic rings. The molecule has 0 bridgehead atoms. The van der Waals surface area contributed by atoms with Crippen LogP contribution >= 0.6 is 0 Å². The lowest BCUT2D eigenvalue weighted by atomic mass is 10.1.